The fourth-order valence-electron chi connectivity index (χ4n) is 0.677. The van der Waals surface area contributed by atoms with Crippen molar-refractivity contribution in [2.24, 2.45) is 11.5 Å². The van der Waals surface area contributed by atoms with Gasteiger partial charge in [-0.15, -0.1) is 11.3 Å². The SMILES string of the molecule is NC[C@@H](N)c1sccc1Cl. The normalized spacial score (nSPS) is 13.5. The third-order valence-electron chi connectivity index (χ3n) is 1.24. The van der Waals surface area contributed by atoms with Crippen LogP contribution in [0.25, 0.3) is 0 Å². The molecule has 0 spiro atoms. The van der Waals surface area contributed by atoms with Crippen molar-refractivity contribution < 1.29 is 0 Å². The van der Waals surface area contributed by atoms with E-state index in [2.05, 4.69) is 0 Å². The van der Waals surface area contributed by atoms with Gasteiger partial charge < -0.3 is 11.5 Å². The number of halogens is 1. The molecule has 10 heavy (non-hydrogen) atoms. The van der Waals surface area contributed by atoms with Gasteiger partial charge in [0.05, 0.1) is 11.1 Å². The Morgan fingerprint density at radius 3 is 2.80 bits per heavy atom. The summed E-state index contributed by atoms with van der Waals surface area (Å²) in [6.07, 6.45) is 0. The van der Waals surface area contributed by atoms with Gasteiger partial charge in [0.25, 0.3) is 0 Å². The van der Waals surface area contributed by atoms with Gasteiger partial charge in [0, 0.05) is 11.4 Å². The number of hydrogen-bond acceptors (Lipinski definition) is 3. The van der Waals surface area contributed by atoms with Gasteiger partial charge in [-0.2, -0.15) is 0 Å². The maximum atomic E-state index is 5.79. The third kappa shape index (κ3) is 1.49. The molecule has 0 aliphatic heterocycles. The van der Waals surface area contributed by atoms with Crippen molar-refractivity contribution >= 4 is 22.9 Å². The molecule has 1 heterocycles. The lowest BCUT2D eigenvalue weighted by atomic mass is 10.2. The summed E-state index contributed by atoms with van der Waals surface area (Å²) >= 11 is 7.33. The lowest BCUT2D eigenvalue weighted by Crippen LogP contribution is -2.19. The fourth-order valence-corrected chi connectivity index (χ4v) is 1.89. The van der Waals surface area contributed by atoms with Crippen LogP contribution in [0.3, 0.4) is 0 Å². The highest BCUT2D eigenvalue weighted by atomic mass is 35.5. The predicted molar refractivity (Wildman–Crippen MR) is 45.3 cm³/mol. The molecule has 0 bridgehead atoms. The summed E-state index contributed by atoms with van der Waals surface area (Å²) in [4.78, 5) is 0.976. The van der Waals surface area contributed by atoms with Crippen molar-refractivity contribution in [2.45, 2.75) is 6.04 Å². The van der Waals surface area contributed by atoms with E-state index < -0.39 is 0 Å². The third-order valence-corrected chi connectivity index (χ3v) is 2.73. The first-order valence-corrected chi connectivity index (χ1v) is 4.20. The first kappa shape index (κ1) is 8.01. The van der Waals surface area contributed by atoms with Gasteiger partial charge in [0.15, 0.2) is 0 Å². The summed E-state index contributed by atoms with van der Waals surface area (Å²) < 4.78 is 0. The van der Waals surface area contributed by atoms with Crippen LogP contribution in [0.2, 0.25) is 5.02 Å². The van der Waals surface area contributed by atoms with E-state index in [4.69, 9.17) is 23.1 Å². The van der Waals surface area contributed by atoms with E-state index in [9.17, 15) is 0 Å². The molecule has 0 fully saturated rings. The molecule has 0 aliphatic carbocycles. The zero-order chi connectivity index (χ0) is 7.56. The van der Waals surface area contributed by atoms with E-state index in [0.29, 0.717) is 6.54 Å². The molecule has 1 rings (SSSR count). The van der Waals surface area contributed by atoms with Crippen LogP contribution in [0.1, 0.15) is 10.9 Å². The molecular weight excluding hydrogens is 168 g/mol. The van der Waals surface area contributed by atoms with Gasteiger partial charge in [-0.25, -0.2) is 0 Å². The molecule has 1 aromatic rings. The quantitative estimate of drug-likeness (QED) is 0.715. The largest absolute Gasteiger partial charge is 0.329 e. The Labute approximate surface area is 68.8 Å². The first-order valence-electron chi connectivity index (χ1n) is 2.94. The van der Waals surface area contributed by atoms with Gasteiger partial charge in [0.1, 0.15) is 0 Å². The Bertz CT molecular complexity index is 211. The molecule has 0 aromatic carbocycles. The van der Waals surface area contributed by atoms with Crippen LogP contribution in [-0.4, -0.2) is 6.54 Å². The van der Waals surface area contributed by atoms with Crippen LogP contribution < -0.4 is 11.5 Å². The highest BCUT2D eigenvalue weighted by Crippen LogP contribution is 2.26. The van der Waals surface area contributed by atoms with E-state index in [1.807, 2.05) is 11.4 Å². The standard InChI is InChI=1S/C6H9ClN2S/c7-4-1-2-10-6(4)5(9)3-8/h1-2,5H,3,8-9H2/t5-/m1/s1. The summed E-state index contributed by atoms with van der Waals surface area (Å²) in [5.41, 5.74) is 11.0. The Hall–Kier alpha value is -0.0900. The van der Waals surface area contributed by atoms with Crippen molar-refractivity contribution in [3.63, 3.8) is 0 Å². The van der Waals surface area contributed by atoms with Crippen molar-refractivity contribution in [1.82, 2.24) is 0 Å². The van der Waals surface area contributed by atoms with E-state index in [1.54, 1.807) is 11.3 Å². The molecule has 0 amide bonds. The number of nitrogens with two attached hydrogens (primary N) is 2. The Balaban J connectivity index is 2.82. The van der Waals surface area contributed by atoms with Crippen molar-refractivity contribution in [1.29, 1.82) is 0 Å². The Morgan fingerprint density at radius 2 is 2.40 bits per heavy atom. The average molecular weight is 177 g/mol. The van der Waals surface area contributed by atoms with Crippen LogP contribution >= 0.6 is 22.9 Å². The second-order valence-electron chi connectivity index (χ2n) is 1.97. The Kier molecular flexibility index (Phi) is 2.68. The lowest BCUT2D eigenvalue weighted by molar-refractivity contribution is 0.752. The molecule has 0 radical (unpaired) electrons. The van der Waals surface area contributed by atoms with Gasteiger partial charge in [0.2, 0.25) is 0 Å². The van der Waals surface area contributed by atoms with Crippen LogP contribution in [0, 0.1) is 0 Å². The molecule has 4 N–H and O–H groups in total. The van der Waals surface area contributed by atoms with Crippen LogP contribution in [0.4, 0.5) is 0 Å². The minimum absolute atomic E-state index is 0.104. The molecule has 1 aromatic heterocycles. The van der Waals surface area contributed by atoms with Crippen molar-refractivity contribution in [3.05, 3.63) is 21.3 Å². The fraction of sp³-hybridized carbons (Fsp3) is 0.333. The summed E-state index contributed by atoms with van der Waals surface area (Å²) in [6, 6.07) is 1.73. The van der Waals surface area contributed by atoms with Gasteiger partial charge in [-0.05, 0) is 11.4 Å². The van der Waals surface area contributed by atoms with Crippen LogP contribution in [0.5, 0.6) is 0 Å². The second-order valence-corrected chi connectivity index (χ2v) is 3.33. The van der Waals surface area contributed by atoms with Crippen LogP contribution in [0.15, 0.2) is 11.4 Å². The summed E-state index contributed by atoms with van der Waals surface area (Å²) in [5, 5.41) is 2.63. The van der Waals surface area contributed by atoms with Gasteiger partial charge >= 0.3 is 0 Å². The minimum Gasteiger partial charge on any atom is -0.329 e. The highest BCUT2D eigenvalue weighted by Gasteiger charge is 2.08. The maximum absolute atomic E-state index is 5.79. The van der Waals surface area contributed by atoms with E-state index >= 15 is 0 Å². The molecule has 4 heteroatoms. The monoisotopic (exact) mass is 176 g/mol. The van der Waals surface area contributed by atoms with Crippen molar-refractivity contribution in [2.75, 3.05) is 6.54 Å². The lowest BCUT2D eigenvalue weighted by Gasteiger charge is -2.04. The molecule has 0 unspecified atom stereocenters. The van der Waals surface area contributed by atoms with E-state index in [1.165, 1.54) is 0 Å². The second kappa shape index (κ2) is 3.34. The highest BCUT2D eigenvalue weighted by molar-refractivity contribution is 7.10. The minimum atomic E-state index is -0.104. The summed E-state index contributed by atoms with van der Waals surface area (Å²) in [6.45, 7) is 0.445. The molecule has 0 aliphatic rings. The molecular formula is C6H9ClN2S. The molecule has 0 saturated heterocycles. The predicted octanol–water partition coefficient (Wildman–Crippen LogP) is 1.36. The summed E-state index contributed by atoms with van der Waals surface area (Å²) in [7, 11) is 0. The number of hydrogen-bond donors (Lipinski definition) is 2. The smallest absolute Gasteiger partial charge is 0.0561 e. The zero-order valence-electron chi connectivity index (χ0n) is 5.38. The first-order chi connectivity index (χ1) is 4.75. The molecule has 0 saturated carbocycles. The summed E-state index contributed by atoms with van der Waals surface area (Å²) in [5.74, 6) is 0. The topological polar surface area (TPSA) is 52.0 Å². The van der Waals surface area contributed by atoms with Crippen LogP contribution in [-0.2, 0) is 0 Å². The van der Waals surface area contributed by atoms with Gasteiger partial charge in [-0.1, -0.05) is 11.6 Å². The average Bonchev–Trinajstić information content (AvgIpc) is 2.34. The number of rotatable bonds is 2. The maximum Gasteiger partial charge on any atom is 0.0561 e. The Morgan fingerprint density at radius 1 is 1.70 bits per heavy atom. The van der Waals surface area contributed by atoms with E-state index in [0.717, 1.165) is 9.90 Å². The van der Waals surface area contributed by atoms with Gasteiger partial charge in [-0.3, -0.25) is 0 Å². The van der Waals surface area contributed by atoms with E-state index in [-0.39, 0.29) is 6.04 Å². The zero-order valence-corrected chi connectivity index (χ0v) is 6.95. The van der Waals surface area contributed by atoms with Crippen molar-refractivity contribution in [3.8, 4) is 0 Å². The molecule has 2 nitrogen and oxygen atoms in total. The number of thiophene rings is 1. The molecule has 56 valence electrons. The molecule has 1 atom stereocenters.